The Hall–Kier alpha value is -2.02. The highest BCUT2D eigenvalue weighted by atomic mass is 32.2. The van der Waals surface area contributed by atoms with Crippen molar-refractivity contribution in [3.63, 3.8) is 0 Å². The van der Waals surface area contributed by atoms with Crippen molar-refractivity contribution < 1.29 is 23.9 Å². The van der Waals surface area contributed by atoms with Crippen molar-refractivity contribution in [2.75, 3.05) is 25.7 Å². The molecule has 1 aliphatic heterocycles. The van der Waals surface area contributed by atoms with Crippen molar-refractivity contribution in [3.8, 4) is 5.75 Å². The SMILES string of the molecule is COC(=O)c1ccc(N2CC(SC(C)=O)CC2=O)c(OC)c1. The molecule has 2 rings (SSSR count). The lowest BCUT2D eigenvalue weighted by Gasteiger charge is -2.20. The molecule has 0 aromatic heterocycles. The van der Waals surface area contributed by atoms with E-state index < -0.39 is 5.97 Å². The zero-order valence-corrected chi connectivity index (χ0v) is 13.4. The third-order valence-corrected chi connectivity index (χ3v) is 4.29. The molecule has 1 fully saturated rings. The minimum Gasteiger partial charge on any atom is -0.495 e. The third-order valence-electron chi connectivity index (χ3n) is 3.31. The lowest BCUT2D eigenvalue weighted by atomic mass is 10.1. The summed E-state index contributed by atoms with van der Waals surface area (Å²) in [5, 5.41) is -0.0670. The molecule has 1 atom stereocenters. The molecule has 0 aliphatic carbocycles. The summed E-state index contributed by atoms with van der Waals surface area (Å²) in [6.07, 6.45) is 0.312. The normalized spacial score (nSPS) is 17.5. The highest BCUT2D eigenvalue weighted by molar-refractivity contribution is 8.14. The largest absolute Gasteiger partial charge is 0.495 e. The molecule has 0 radical (unpaired) electrons. The van der Waals surface area contributed by atoms with Crippen LogP contribution in [-0.4, -0.2) is 43.0 Å². The molecule has 0 spiro atoms. The zero-order valence-electron chi connectivity index (χ0n) is 12.6. The van der Waals surface area contributed by atoms with Crippen molar-refractivity contribution >= 4 is 34.4 Å². The summed E-state index contributed by atoms with van der Waals surface area (Å²) in [4.78, 5) is 36.5. The van der Waals surface area contributed by atoms with E-state index in [2.05, 4.69) is 4.74 Å². The Morgan fingerprint density at radius 1 is 1.32 bits per heavy atom. The van der Waals surface area contributed by atoms with Gasteiger partial charge in [0.1, 0.15) is 5.75 Å². The quantitative estimate of drug-likeness (QED) is 0.788. The molecule has 1 aromatic rings. The molecule has 1 aliphatic rings. The molecule has 1 amide bonds. The number of benzene rings is 1. The smallest absolute Gasteiger partial charge is 0.337 e. The Morgan fingerprint density at radius 3 is 2.64 bits per heavy atom. The molecule has 1 saturated heterocycles. The second-order valence-corrected chi connectivity index (χ2v) is 6.30. The highest BCUT2D eigenvalue weighted by Crippen LogP contribution is 2.35. The average Bonchev–Trinajstić information content (AvgIpc) is 2.85. The standard InChI is InChI=1S/C15H17NO5S/c1-9(17)22-11-7-14(18)16(8-11)12-5-4-10(15(19)21-3)6-13(12)20-2/h4-6,11H,7-8H2,1-3H3. The van der Waals surface area contributed by atoms with E-state index in [-0.39, 0.29) is 16.3 Å². The van der Waals surface area contributed by atoms with E-state index in [1.54, 1.807) is 23.1 Å². The van der Waals surface area contributed by atoms with Crippen LogP contribution in [0.1, 0.15) is 23.7 Å². The van der Waals surface area contributed by atoms with E-state index >= 15 is 0 Å². The fourth-order valence-corrected chi connectivity index (χ4v) is 3.29. The predicted molar refractivity (Wildman–Crippen MR) is 83.4 cm³/mol. The molecule has 0 saturated carbocycles. The monoisotopic (exact) mass is 323 g/mol. The molecule has 1 aromatic carbocycles. The predicted octanol–water partition coefficient (Wildman–Crippen LogP) is 1.87. The second kappa shape index (κ2) is 6.83. The number of ether oxygens (including phenoxy) is 2. The van der Waals surface area contributed by atoms with E-state index in [0.29, 0.717) is 30.0 Å². The van der Waals surface area contributed by atoms with Gasteiger partial charge in [0.2, 0.25) is 5.91 Å². The van der Waals surface area contributed by atoms with Gasteiger partial charge in [-0.1, -0.05) is 11.8 Å². The number of methoxy groups -OCH3 is 2. The van der Waals surface area contributed by atoms with Crippen LogP contribution < -0.4 is 9.64 Å². The summed E-state index contributed by atoms with van der Waals surface area (Å²) in [7, 11) is 2.78. The molecule has 0 bridgehead atoms. The van der Waals surface area contributed by atoms with Gasteiger partial charge in [0.25, 0.3) is 0 Å². The van der Waals surface area contributed by atoms with Gasteiger partial charge in [-0.05, 0) is 18.2 Å². The van der Waals surface area contributed by atoms with Crippen LogP contribution in [0.3, 0.4) is 0 Å². The van der Waals surface area contributed by atoms with E-state index in [1.165, 1.54) is 32.9 Å². The molecule has 22 heavy (non-hydrogen) atoms. The Labute approximate surface area is 132 Å². The molecule has 7 heteroatoms. The lowest BCUT2D eigenvalue weighted by molar-refractivity contribution is -0.117. The first-order valence-corrected chi connectivity index (χ1v) is 7.58. The number of rotatable bonds is 4. The van der Waals surface area contributed by atoms with E-state index in [9.17, 15) is 14.4 Å². The molecule has 118 valence electrons. The number of carbonyl (C=O) groups is 3. The van der Waals surface area contributed by atoms with Crippen LogP contribution in [0.5, 0.6) is 5.75 Å². The van der Waals surface area contributed by atoms with E-state index in [4.69, 9.17) is 4.74 Å². The van der Waals surface area contributed by atoms with Crippen LogP contribution in [0.2, 0.25) is 0 Å². The van der Waals surface area contributed by atoms with Gasteiger partial charge in [-0.2, -0.15) is 0 Å². The van der Waals surface area contributed by atoms with Crippen LogP contribution in [0.4, 0.5) is 5.69 Å². The fourth-order valence-electron chi connectivity index (χ4n) is 2.37. The maximum absolute atomic E-state index is 12.2. The Bertz CT molecular complexity index is 616. The number of hydrogen-bond donors (Lipinski definition) is 0. The average molecular weight is 323 g/mol. The van der Waals surface area contributed by atoms with Crippen molar-refractivity contribution in [1.29, 1.82) is 0 Å². The van der Waals surface area contributed by atoms with Gasteiger partial charge in [0.05, 0.1) is 25.5 Å². The van der Waals surface area contributed by atoms with Crippen LogP contribution in [0, 0.1) is 0 Å². The Kier molecular flexibility index (Phi) is 5.07. The number of carbonyl (C=O) groups excluding carboxylic acids is 3. The molecule has 1 unspecified atom stereocenters. The van der Waals surface area contributed by atoms with Crippen molar-refractivity contribution in [2.24, 2.45) is 0 Å². The summed E-state index contributed by atoms with van der Waals surface area (Å²) in [6.45, 7) is 1.93. The van der Waals surface area contributed by atoms with Crippen molar-refractivity contribution in [1.82, 2.24) is 0 Å². The van der Waals surface area contributed by atoms with Crippen LogP contribution >= 0.6 is 11.8 Å². The minimum atomic E-state index is -0.470. The van der Waals surface area contributed by atoms with Crippen LogP contribution in [0.25, 0.3) is 0 Å². The number of thioether (sulfide) groups is 1. The first kappa shape index (κ1) is 16.4. The van der Waals surface area contributed by atoms with Gasteiger partial charge in [0.15, 0.2) is 5.12 Å². The lowest BCUT2D eigenvalue weighted by Crippen LogP contribution is -2.25. The van der Waals surface area contributed by atoms with E-state index in [1.807, 2.05) is 0 Å². The first-order chi connectivity index (χ1) is 10.5. The third kappa shape index (κ3) is 3.41. The number of nitrogens with zero attached hydrogens (tertiary/aromatic N) is 1. The van der Waals surface area contributed by atoms with Crippen molar-refractivity contribution in [3.05, 3.63) is 23.8 Å². The number of hydrogen-bond acceptors (Lipinski definition) is 6. The summed E-state index contributed by atoms with van der Waals surface area (Å²) in [6, 6.07) is 4.78. The number of anilines is 1. The number of amides is 1. The van der Waals surface area contributed by atoms with Crippen LogP contribution in [0.15, 0.2) is 18.2 Å². The summed E-state index contributed by atoms with van der Waals surface area (Å²) < 4.78 is 9.95. The van der Waals surface area contributed by atoms with E-state index in [0.717, 1.165) is 0 Å². The highest BCUT2D eigenvalue weighted by Gasteiger charge is 2.33. The first-order valence-electron chi connectivity index (χ1n) is 6.70. The molecule has 6 nitrogen and oxygen atoms in total. The van der Waals surface area contributed by atoms with Gasteiger partial charge >= 0.3 is 5.97 Å². The summed E-state index contributed by atoms with van der Waals surface area (Å²) in [5.74, 6) is -0.116. The Balaban J connectivity index is 2.26. The van der Waals surface area contributed by atoms with Gasteiger partial charge in [-0.25, -0.2) is 4.79 Å². The fraction of sp³-hybridized carbons (Fsp3) is 0.400. The van der Waals surface area contributed by atoms with Gasteiger partial charge in [0, 0.05) is 25.1 Å². The topological polar surface area (TPSA) is 72.9 Å². The van der Waals surface area contributed by atoms with Gasteiger partial charge < -0.3 is 14.4 Å². The minimum absolute atomic E-state index is 0.00680. The maximum Gasteiger partial charge on any atom is 0.337 e. The zero-order chi connectivity index (χ0) is 16.3. The maximum atomic E-state index is 12.2. The summed E-state index contributed by atoms with van der Waals surface area (Å²) >= 11 is 1.17. The molecule has 1 heterocycles. The van der Waals surface area contributed by atoms with Crippen molar-refractivity contribution in [2.45, 2.75) is 18.6 Å². The van der Waals surface area contributed by atoms with Gasteiger partial charge in [-0.3, -0.25) is 9.59 Å². The molecule has 0 N–H and O–H groups in total. The summed E-state index contributed by atoms with van der Waals surface area (Å²) in [5.41, 5.74) is 0.941. The molecular weight excluding hydrogens is 306 g/mol. The number of esters is 1. The van der Waals surface area contributed by atoms with Gasteiger partial charge in [-0.15, -0.1) is 0 Å². The molecular formula is C15H17NO5S. The Morgan fingerprint density at radius 2 is 2.05 bits per heavy atom. The second-order valence-electron chi connectivity index (χ2n) is 4.82. The van der Waals surface area contributed by atoms with Crippen LogP contribution in [-0.2, 0) is 14.3 Å².